The third-order valence-corrected chi connectivity index (χ3v) is 3.21. The van der Waals surface area contributed by atoms with Crippen molar-refractivity contribution in [3.05, 3.63) is 46.5 Å². The second-order valence-corrected chi connectivity index (χ2v) is 4.95. The minimum Gasteiger partial charge on any atom is -0.436 e. The molecule has 0 saturated carbocycles. The predicted octanol–water partition coefficient (Wildman–Crippen LogP) is 4.94. The van der Waals surface area contributed by atoms with Crippen molar-refractivity contribution in [2.45, 2.75) is 20.3 Å². The number of nitrogens with one attached hydrogen (secondary N) is 1. The molecule has 1 N–H and O–H groups in total. The van der Waals surface area contributed by atoms with Crippen LogP contribution in [0.1, 0.15) is 18.9 Å². The van der Waals surface area contributed by atoms with Gasteiger partial charge in [-0.25, -0.2) is 8.78 Å². The third-order valence-electron chi connectivity index (χ3n) is 2.78. The minimum atomic E-state index is -0.859. The molecular weight excluding hydrogens is 298 g/mol. The SMILES string of the molecule is CCCNc1nc(Oc2ccc(Cl)c(C)c2)c(F)cc1F. The van der Waals surface area contributed by atoms with Gasteiger partial charge in [-0.1, -0.05) is 18.5 Å². The zero-order chi connectivity index (χ0) is 15.4. The average molecular weight is 313 g/mol. The van der Waals surface area contributed by atoms with Crippen LogP contribution in [0.4, 0.5) is 14.6 Å². The molecule has 0 spiro atoms. The molecule has 1 aromatic carbocycles. The number of hydrogen-bond donors (Lipinski definition) is 1. The van der Waals surface area contributed by atoms with Crippen LogP contribution in [-0.2, 0) is 0 Å². The lowest BCUT2D eigenvalue weighted by atomic mass is 10.2. The van der Waals surface area contributed by atoms with Crippen molar-refractivity contribution < 1.29 is 13.5 Å². The maximum Gasteiger partial charge on any atom is 0.258 e. The Hall–Kier alpha value is -1.88. The molecule has 1 aromatic heterocycles. The molecule has 6 heteroatoms. The Kier molecular flexibility index (Phi) is 4.96. The summed E-state index contributed by atoms with van der Waals surface area (Å²) in [6.45, 7) is 4.27. The second kappa shape index (κ2) is 6.72. The lowest BCUT2D eigenvalue weighted by molar-refractivity contribution is 0.417. The molecule has 0 aliphatic rings. The number of pyridine rings is 1. The first-order valence-electron chi connectivity index (χ1n) is 6.55. The van der Waals surface area contributed by atoms with E-state index in [0.29, 0.717) is 17.3 Å². The molecule has 0 bridgehead atoms. The summed E-state index contributed by atoms with van der Waals surface area (Å²) in [7, 11) is 0. The minimum absolute atomic E-state index is 0.0288. The van der Waals surface area contributed by atoms with Crippen LogP contribution in [0.3, 0.4) is 0 Å². The summed E-state index contributed by atoms with van der Waals surface area (Å²) in [5.41, 5.74) is 0.793. The molecule has 3 nitrogen and oxygen atoms in total. The highest BCUT2D eigenvalue weighted by atomic mass is 35.5. The van der Waals surface area contributed by atoms with Crippen LogP contribution in [0, 0.1) is 18.6 Å². The zero-order valence-electron chi connectivity index (χ0n) is 11.7. The van der Waals surface area contributed by atoms with Crippen molar-refractivity contribution in [1.29, 1.82) is 0 Å². The largest absolute Gasteiger partial charge is 0.436 e. The van der Waals surface area contributed by atoms with Crippen LogP contribution in [0.25, 0.3) is 0 Å². The van der Waals surface area contributed by atoms with E-state index in [2.05, 4.69) is 10.3 Å². The smallest absolute Gasteiger partial charge is 0.258 e. The molecule has 0 fully saturated rings. The summed E-state index contributed by atoms with van der Waals surface area (Å²) in [5.74, 6) is -1.53. The van der Waals surface area contributed by atoms with Gasteiger partial charge in [-0.15, -0.1) is 0 Å². The molecule has 2 rings (SSSR count). The van der Waals surface area contributed by atoms with Gasteiger partial charge in [0.05, 0.1) is 0 Å². The number of halogens is 3. The quantitative estimate of drug-likeness (QED) is 0.849. The van der Waals surface area contributed by atoms with Crippen LogP contribution >= 0.6 is 11.6 Å². The van der Waals surface area contributed by atoms with Crippen molar-refractivity contribution in [3.8, 4) is 11.6 Å². The Bertz CT molecular complexity index is 650. The summed E-state index contributed by atoms with van der Waals surface area (Å²) >= 11 is 5.91. The Morgan fingerprint density at radius 2 is 2.00 bits per heavy atom. The van der Waals surface area contributed by atoms with Crippen molar-refractivity contribution in [2.24, 2.45) is 0 Å². The maximum atomic E-state index is 13.7. The summed E-state index contributed by atoms with van der Waals surface area (Å²) in [6, 6.07) is 5.65. The first-order chi connectivity index (χ1) is 10.0. The molecule has 0 unspecified atom stereocenters. The monoisotopic (exact) mass is 312 g/mol. The molecule has 0 saturated heterocycles. The van der Waals surface area contributed by atoms with Crippen LogP contribution in [-0.4, -0.2) is 11.5 Å². The Labute approximate surface area is 126 Å². The van der Waals surface area contributed by atoms with E-state index in [4.69, 9.17) is 16.3 Å². The van der Waals surface area contributed by atoms with Crippen molar-refractivity contribution in [2.75, 3.05) is 11.9 Å². The van der Waals surface area contributed by atoms with Crippen LogP contribution in [0.15, 0.2) is 24.3 Å². The van der Waals surface area contributed by atoms with Crippen LogP contribution in [0.5, 0.6) is 11.6 Å². The predicted molar refractivity (Wildman–Crippen MR) is 79.2 cm³/mol. The number of ether oxygens (including phenoxy) is 1. The van der Waals surface area contributed by atoms with E-state index >= 15 is 0 Å². The van der Waals surface area contributed by atoms with Gasteiger partial charge in [0.15, 0.2) is 17.5 Å². The van der Waals surface area contributed by atoms with Gasteiger partial charge >= 0.3 is 0 Å². The fourth-order valence-corrected chi connectivity index (χ4v) is 1.80. The van der Waals surface area contributed by atoms with E-state index in [-0.39, 0.29) is 11.7 Å². The lowest BCUT2D eigenvalue weighted by Crippen LogP contribution is -2.06. The highest BCUT2D eigenvalue weighted by molar-refractivity contribution is 6.31. The molecule has 0 atom stereocenters. The van der Waals surface area contributed by atoms with Gasteiger partial charge in [-0.05, 0) is 37.1 Å². The Morgan fingerprint density at radius 3 is 2.67 bits per heavy atom. The van der Waals surface area contributed by atoms with Crippen LogP contribution in [0.2, 0.25) is 5.02 Å². The third kappa shape index (κ3) is 3.82. The average Bonchev–Trinajstić information content (AvgIpc) is 2.44. The topological polar surface area (TPSA) is 34.2 Å². The molecule has 1 heterocycles. The van der Waals surface area contributed by atoms with E-state index in [1.807, 2.05) is 6.92 Å². The molecule has 2 aromatic rings. The van der Waals surface area contributed by atoms with Crippen molar-refractivity contribution >= 4 is 17.4 Å². The van der Waals surface area contributed by atoms with Crippen molar-refractivity contribution in [1.82, 2.24) is 4.98 Å². The van der Waals surface area contributed by atoms with Crippen molar-refractivity contribution in [3.63, 3.8) is 0 Å². The van der Waals surface area contributed by atoms with E-state index in [9.17, 15) is 8.78 Å². The van der Waals surface area contributed by atoms with Gasteiger partial charge in [0.25, 0.3) is 5.88 Å². The van der Waals surface area contributed by atoms with E-state index in [0.717, 1.165) is 18.1 Å². The number of rotatable bonds is 5. The van der Waals surface area contributed by atoms with Gasteiger partial charge in [0.2, 0.25) is 0 Å². The Balaban J connectivity index is 2.28. The molecule has 0 radical (unpaired) electrons. The summed E-state index contributed by atoms with van der Waals surface area (Å²) < 4.78 is 32.7. The standard InChI is InChI=1S/C15H15ClF2N2O/c1-3-6-19-14-12(17)8-13(18)15(20-14)21-10-4-5-11(16)9(2)7-10/h4-5,7-8H,3,6H2,1-2H3,(H,19,20). The normalized spacial score (nSPS) is 10.5. The van der Waals surface area contributed by atoms with E-state index < -0.39 is 11.6 Å². The molecule has 0 amide bonds. The molecule has 0 aliphatic heterocycles. The molecule has 0 aliphatic carbocycles. The van der Waals surface area contributed by atoms with Gasteiger partial charge in [0.1, 0.15) is 5.75 Å². The zero-order valence-corrected chi connectivity index (χ0v) is 12.5. The number of hydrogen-bond acceptors (Lipinski definition) is 3. The lowest BCUT2D eigenvalue weighted by Gasteiger charge is -2.10. The number of anilines is 1. The highest BCUT2D eigenvalue weighted by Crippen LogP contribution is 2.28. The number of nitrogens with zero attached hydrogens (tertiary/aromatic N) is 1. The molecule has 21 heavy (non-hydrogen) atoms. The van der Waals surface area contributed by atoms with Gasteiger partial charge in [-0.2, -0.15) is 4.98 Å². The fraction of sp³-hybridized carbons (Fsp3) is 0.267. The number of aromatic nitrogens is 1. The summed E-state index contributed by atoms with van der Waals surface area (Å²) in [6.07, 6.45) is 0.797. The summed E-state index contributed by atoms with van der Waals surface area (Å²) in [4.78, 5) is 3.84. The second-order valence-electron chi connectivity index (χ2n) is 4.55. The van der Waals surface area contributed by atoms with Gasteiger partial charge in [0, 0.05) is 17.6 Å². The molecular formula is C15H15ClF2N2O. The van der Waals surface area contributed by atoms with Crippen LogP contribution < -0.4 is 10.1 Å². The Morgan fingerprint density at radius 1 is 1.24 bits per heavy atom. The van der Waals surface area contributed by atoms with E-state index in [1.165, 1.54) is 0 Å². The fourth-order valence-electron chi connectivity index (χ4n) is 1.68. The van der Waals surface area contributed by atoms with E-state index in [1.54, 1.807) is 25.1 Å². The maximum absolute atomic E-state index is 13.7. The highest BCUT2D eigenvalue weighted by Gasteiger charge is 2.14. The first-order valence-corrected chi connectivity index (χ1v) is 6.93. The molecule has 112 valence electrons. The van der Waals surface area contributed by atoms with Gasteiger partial charge < -0.3 is 10.1 Å². The van der Waals surface area contributed by atoms with Gasteiger partial charge in [-0.3, -0.25) is 0 Å². The first kappa shape index (κ1) is 15.5. The number of aryl methyl sites for hydroxylation is 1. The summed E-state index contributed by atoms with van der Waals surface area (Å²) in [5, 5.41) is 3.37. The number of benzene rings is 1.